The van der Waals surface area contributed by atoms with Gasteiger partial charge in [-0.25, -0.2) is 19.7 Å². The molecule has 166 valence electrons. The van der Waals surface area contributed by atoms with Crippen LogP contribution in [0.3, 0.4) is 0 Å². The lowest BCUT2D eigenvalue weighted by Crippen LogP contribution is -2.20. The first-order valence-corrected chi connectivity index (χ1v) is 9.50. The van der Waals surface area contributed by atoms with Crippen molar-refractivity contribution in [3.63, 3.8) is 0 Å². The number of alkyl halides is 3. The van der Waals surface area contributed by atoms with E-state index in [2.05, 4.69) is 41.5 Å². The van der Waals surface area contributed by atoms with E-state index in [1.54, 1.807) is 35.2 Å². The number of anilines is 3. The highest BCUT2D eigenvalue weighted by molar-refractivity contribution is 9.10. The van der Waals surface area contributed by atoms with Crippen LogP contribution < -0.4 is 16.4 Å². The third-order valence-electron chi connectivity index (χ3n) is 4.29. The number of carbonyl (C=O) groups excluding carboxylic acids is 1. The molecule has 32 heavy (non-hydrogen) atoms. The second kappa shape index (κ2) is 9.01. The van der Waals surface area contributed by atoms with Gasteiger partial charge in [0.05, 0.1) is 5.56 Å². The van der Waals surface area contributed by atoms with Crippen LogP contribution in [0.25, 0.3) is 16.9 Å². The molecule has 0 unspecified atom stereocenters. The normalized spacial score (nSPS) is 11.1. The molecule has 0 aliphatic carbocycles. The Bertz CT molecular complexity index is 1280. The summed E-state index contributed by atoms with van der Waals surface area (Å²) in [7, 11) is 0. The second-order valence-electron chi connectivity index (χ2n) is 6.36. The average Bonchev–Trinajstić information content (AvgIpc) is 3.15. The minimum Gasteiger partial charge on any atom is -0.382 e. The number of urea groups is 1. The van der Waals surface area contributed by atoms with Gasteiger partial charge in [-0.1, -0.05) is 15.9 Å². The van der Waals surface area contributed by atoms with Crippen LogP contribution in [0.2, 0.25) is 0 Å². The Labute approximate surface area is 193 Å². The van der Waals surface area contributed by atoms with Gasteiger partial charge in [0.25, 0.3) is 0 Å². The summed E-state index contributed by atoms with van der Waals surface area (Å²) in [5.74, 6) is 0.264. The summed E-state index contributed by atoms with van der Waals surface area (Å²) in [5, 5.41) is 4.95. The van der Waals surface area contributed by atoms with E-state index in [1.165, 1.54) is 18.5 Å². The molecule has 0 spiro atoms. The van der Waals surface area contributed by atoms with Crippen LogP contribution in [0.5, 0.6) is 0 Å². The van der Waals surface area contributed by atoms with Gasteiger partial charge in [-0.2, -0.15) is 13.2 Å². The van der Waals surface area contributed by atoms with Gasteiger partial charge in [-0.05, 0) is 42.5 Å². The fraction of sp³-hybridized carbons (Fsp3) is 0.0526. The van der Waals surface area contributed by atoms with Gasteiger partial charge < -0.3 is 16.4 Å². The number of carbonyl (C=O) groups is 1. The number of fused-ring (bicyclic) bond motifs is 1. The van der Waals surface area contributed by atoms with Crippen molar-refractivity contribution in [2.24, 2.45) is 0 Å². The Kier molecular flexibility index (Phi) is 6.55. The minimum absolute atomic E-state index is 0. The van der Waals surface area contributed by atoms with Crippen LogP contribution >= 0.6 is 28.3 Å². The number of imidazole rings is 1. The van der Waals surface area contributed by atoms with Crippen molar-refractivity contribution in [2.75, 3.05) is 16.4 Å². The molecule has 0 atom stereocenters. The molecular formula is C19H14BrClF3N7O. The topological polar surface area (TPSA) is 111 Å². The molecule has 4 aromatic rings. The number of nitrogens with two attached hydrogens (primary N) is 1. The molecule has 0 saturated heterocycles. The summed E-state index contributed by atoms with van der Waals surface area (Å²) in [5.41, 5.74) is 7.06. The Morgan fingerprint density at radius 1 is 1.00 bits per heavy atom. The van der Waals surface area contributed by atoms with Crippen LogP contribution in [0.1, 0.15) is 5.56 Å². The highest BCUT2D eigenvalue weighted by Gasteiger charge is 2.33. The van der Waals surface area contributed by atoms with Gasteiger partial charge in [0, 0.05) is 21.5 Å². The molecule has 0 aliphatic heterocycles. The zero-order valence-corrected chi connectivity index (χ0v) is 18.3. The zero-order valence-electron chi connectivity index (χ0n) is 15.9. The van der Waals surface area contributed by atoms with Crippen molar-refractivity contribution < 1.29 is 18.0 Å². The van der Waals surface area contributed by atoms with Crippen LogP contribution in [0, 0.1) is 0 Å². The molecule has 2 aromatic heterocycles. The van der Waals surface area contributed by atoms with Gasteiger partial charge in [-0.3, -0.25) is 4.57 Å². The number of hydrogen-bond acceptors (Lipinski definition) is 5. The fourth-order valence-electron chi connectivity index (χ4n) is 2.86. The summed E-state index contributed by atoms with van der Waals surface area (Å²) in [6.45, 7) is 0. The zero-order chi connectivity index (χ0) is 22.2. The third-order valence-corrected chi connectivity index (χ3v) is 4.99. The molecule has 4 N–H and O–H groups in total. The molecule has 2 heterocycles. The van der Waals surface area contributed by atoms with E-state index in [4.69, 9.17) is 5.73 Å². The molecule has 0 bridgehead atoms. The average molecular weight is 529 g/mol. The first-order valence-electron chi connectivity index (χ1n) is 8.71. The van der Waals surface area contributed by atoms with E-state index in [-0.39, 0.29) is 28.4 Å². The standard InChI is InChI=1S/C19H13BrF3N7O.ClH/c20-14-6-3-11(7-13(14)19(21,22)23)29-18(31)28-10-1-4-12(5-2-10)30-9-27-15-16(24)25-8-26-17(15)30;/h1-9H,(H2,24,25,26)(H2,28,29,31);1H. The lowest BCUT2D eigenvalue weighted by Gasteiger charge is -2.13. The monoisotopic (exact) mass is 527 g/mol. The van der Waals surface area contributed by atoms with E-state index in [1.807, 2.05) is 0 Å². The van der Waals surface area contributed by atoms with Crippen LogP contribution in [-0.2, 0) is 6.18 Å². The number of amides is 2. The van der Waals surface area contributed by atoms with Gasteiger partial charge in [-0.15, -0.1) is 12.4 Å². The van der Waals surface area contributed by atoms with Crippen molar-refractivity contribution in [1.29, 1.82) is 0 Å². The van der Waals surface area contributed by atoms with Gasteiger partial charge in [0.2, 0.25) is 0 Å². The summed E-state index contributed by atoms with van der Waals surface area (Å²) in [6.07, 6.45) is -1.66. The number of halogens is 5. The summed E-state index contributed by atoms with van der Waals surface area (Å²) >= 11 is 2.86. The predicted octanol–water partition coefficient (Wildman–Crippen LogP) is 5.24. The Morgan fingerprint density at radius 3 is 2.34 bits per heavy atom. The predicted molar refractivity (Wildman–Crippen MR) is 120 cm³/mol. The third kappa shape index (κ3) is 4.75. The van der Waals surface area contributed by atoms with Crippen LogP contribution in [0.4, 0.5) is 35.2 Å². The van der Waals surface area contributed by atoms with Gasteiger partial charge in [0.1, 0.15) is 12.7 Å². The van der Waals surface area contributed by atoms with Gasteiger partial charge >= 0.3 is 12.2 Å². The lowest BCUT2D eigenvalue weighted by atomic mass is 10.2. The van der Waals surface area contributed by atoms with Crippen LogP contribution in [-0.4, -0.2) is 25.6 Å². The summed E-state index contributed by atoms with van der Waals surface area (Å²) < 4.78 is 40.6. The fourth-order valence-corrected chi connectivity index (χ4v) is 3.33. The molecule has 8 nitrogen and oxygen atoms in total. The molecule has 2 aromatic carbocycles. The number of nitrogens with one attached hydrogen (secondary N) is 2. The van der Waals surface area contributed by atoms with E-state index in [0.29, 0.717) is 22.5 Å². The van der Waals surface area contributed by atoms with Crippen LogP contribution in [0.15, 0.2) is 59.6 Å². The smallest absolute Gasteiger partial charge is 0.382 e. The highest BCUT2D eigenvalue weighted by atomic mass is 79.9. The van der Waals surface area contributed by atoms with E-state index < -0.39 is 17.8 Å². The molecule has 0 saturated carbocycles. The van der Waals surface area contributed by atoms with Crippen molar-refractivity contribution in [3.05, 3.63) is 65.2 Å². The largest absolute Gasteiger partial charge is 0.417 e. The number of rotatable bonds is 3. The number of benzene rings is 2. The van der Waals surface area contributed by atoms with E-state index in [0.717, 1.165) is 6.07 Å². The molecular weight excluding hydrogens is 515 g/mol. The Balaban J connectivity index is 0.00000289. The Hall–Kier alpha value is -3.38. The maximum atomic E-state index is 13.0. The maximum absolute atomic E-state index is 13.0. The molecule has 0 radical (unpaired) electrons. The molecule has 13 heteroatoms. The van der Waals surface area contributed by atoms with Gasteiger partial charge in [0.15, 0.2) is 17.0 Å². The second-order valence-corrected chi connectivity index (χ2v) is 7.22. The molecule has 0 aliphatic rings. The number of hydrogen-bond donors (Lipinski definition) is 3. The first kappa shape index (κ1) is 23.3. The lowest BCUT2D eigenvalue weighted by molar-refractivity contribution is -0.138. The number of aromatic nitrogens is 4. The van der Waals surface area contributed by atoms with Crippen molar-refractivity contribution in [2.45, 2.75) is 6.18 Å². The first-order chi connectivity index (χ1) is 14.7. The Morgan fingerprint density at radius 2 is 1.66 bits per heavy atom. The minimum atomic E-state index is -4.55. The van der Waals surface area contributed by atoms with Crippen molar-refractivity contribution >= 4 is 62.7 Å². The molecule has 2 amide bonds. The summed E-state index contributed by atoms with van der Waals surface area (Å²) in [6, 6.07) is 9.45. The van der Waals surface area contributed by atoms with E-state index >= 15 is 0 Å². The van der Waals surface area contributed by atoms with E-state index in [9.17, 15) is 18.0 Å². The number of nitrogens with zero attached hydrogens (tertiary/aromatic N) is 4. The van der Waals surface area contributed by atoms with Crippen molar-refractivity contribution in [1.82, 2.24) is 19.5 Å². The molecule has 4 rings (SSSR count). The van der Waals surface area contributed by atoms with Crippen molar-refractivity contribution in [3.8, 4) is 5.69 Å². The maximum Gasteiger partial charge on any atom is 0.417 e. The SMILES string of the molecule is Cl.Nc1ncnc2c1ncn2-c1ccc(NC(=O)Nc2ccc(Br)c(C(F)(F)F)c2)cc1. The highest BCUT2D eigenvalue weighted by Crippen LogP contribution is 2.36. The molecule has 0 fully saturated rings. The number of nitrogen functional groups attached to an aromatic ring is 1. The summed E-state index contributed by atoms with van der Waals surface area (Å²) in [4.78, 5) is 24.4. The quantitative estimate of drug-likeness (QED) is 0.337.